The number of esters is 2. The van der Waals surface area contributed by atoms with E-state index in [1.54, 1.807) is 13.0 Å². The summed E-state index contributed by atoms with van der Waals surface area (Å²) < 4.78 is 48.7. The maximum absolute atomic E-state index is 14.3. The van der Waals surface area contributed by atoms with E-state index in [0.29, 0.717) is 30.8 Å². The standard InChI is InChI=1S/C29H23ClO12/c1-11-9-15-19(21(34)18-14(20(15)33)5-6-16(30)22(18)38-12(2)31)23-17(11)24-25-28(40-23,39-13(3)32)27(10-37-27)29(41-24,42-25)26-35-7-4-8-36-26/h5-6,9,24-26H,4,7-8,10H2,1-3H3/t24?,25?,27-,28+,29?/m0/s1. The maximum Gasteiger partial charge on any atom is 0.320 e. The summed E-state index contributed by atoms with van der Waals surface area (Å²) in [5.74, 6) is -6.39. The summed E-state index contributed by atoms with van der Waals surface area (Å²) in [5, 5.41) is -0.0268. The summed E-state index contributed by atoms with van der Waals surface area (Å²) in [4.78, 5) is 52.6. The molecule has 6 aliphatic rings. The molecule has 2 aromatic carbocycles. The van der Waals surface area contributed by atoms with Gasteiger partial charge in [0.05, 0.1) is 36.0 Å². The Bertz CT molecular complexity index is 1660. The fraction of sp³-hybridized carbons (Fsp3) is 0.448. The van der Waals surface area contributed by atoms with Crippen LogP contribution >= 0.6 is 11.6 Å². The molecular formula is C29H23ClO12. The number of fused-ring (bicyclic) bond motifs is 8. The summed E-state index contributed by atoms with van der Waals surface area (Å²) >= 11 is 6.32. The lowest BCUT2D eigenvalue weighted by Gasteiger charge is -2.49. The average Bonchev–Trinajstić information content (AvgIpc) is 3.61. The molecule has 13 heteroatoms. The highest BCUT2D eigenvalue weighted by Crippen LogP contribution is 2.71. The monoisotopic (exact) mass is 598 g/mol. The molecular weight excluding hydrogens is 576 g/mol. The van der Waals surface area contributed by atoms with Crippen LogP contribution in [0.1, 0.15) is 69.3 Å². The zero-order valence-corrected chi connectivity index (χ0v) is 23.3. The van der Waals surface area contributed by atoms with Crippen molar-refractivity contribution in [2.45, 2.75) is 62.9 Å². The molecule has 0 aromatic heterocycles. The minimum atomic E-state index is -1.91. The normalized spacial score (nSPS) is 33.5. The topological polar surface area (TPSA) is 145 Å². The summed E-state index contributed by atoms with van der Waals surface area (Å²) in [6, 6.07) is 4.38. The molecule has 42 heavy (non-hydrogen) atoms. The van der Waals surface area contributed by atoms with Crippen molar-refractivity contribution in [2.75, 3.05) is 19.8 Å². The van der Waals surface area contributed by atoms with Gasteiger partial charge in [-0.25, -0.2) is 0 Å². The Morgan fingerprint density at radius 1 is 1.00 bits per heavy atom. The predicted octanol–water partition coefficient (Wildman–Crippen LogP) is 2.70. The van der Waals surface area contributed by atoms with E-state index >= 15 is 0 Å². The molecule has 3 unspecified atom stereocenters. The van der Waals surface area contributed by atoms with Gasteiger partial charge in [-0.3, -0.25) is 19.2 Å². The van der Waals surface area contributed by atoms with Gasteiger partial charge >= 0.3 is 17.7 Å². The van der Waals surface area contributed by atoms with E-state index in [1.165, 1.54) is 19.1 Å². The van der Waals surface area contributed by atoms with Gasteiger partial charge < -0.3 is 37.9 Å². The molecule has 0 radical (unpaired) electrons. The number of hydrogen-bond donors (Lipinski definition) is 0. The quantitative estimate of drug-likeness (QED) is 0.248. The first-order valence-corrected chi connectivity index (χ1v) is 13.8. The Balaban J connectivity index is 1.35. The molecule has 0 amide bonds. The van der Waals surface area contributed by atoms with Gasteiger partial charge in [0.2, 0.25) is 17.7 Å². The van der Waals surface area contributed by atoms with Crippen LogP contribution in [0.2, 0.25) is 5.02 Å². The fourth-order valence-electron chi connectivity index (χ4n) is 6.98. The van der Waals surface area contributed by atoms with Gasteiger partial charge in [0, 0.05) is 30.5 Å². The maximum atomic E-state index is 14.3. The molecule has 0 N–H and O–H groups in total. The number of epoxide rings is 1. The van der Waals surface area contributed by atoms with Gasteiger partial charge in [0.1, 0.15) is 11.9 Å². The SMILES string of the molecule is CC(=O)Oc1c(Cl)ccc2c1C(=O)c1c(cc(C)c3c1O[C@]1(OC(C)=O)C4OC(C5OCCCO5)(OC34)[C@]13CO3)C2=O. The molecule has 218 valence electrons. The number of aryl methyl sites for hydroxylation is 1. The largest absolute Gasteiger partial charge is 0.446 e. The van der Waals surface area contributed by atoms with Crippen LogP contribution in [-0.2, 0) is 38.0 Å². The number of hydrogen-bond acceptors (Lipinski definition) is 12. The van der Waals surface area contributed by atoms with E-state index in [-0.39, 0.29) is 45.4 Å². The Morgan fingerprint density at radius 2 is 1.74 bits per heavy atom. The van der Waals surface area contributed by atoms with E-state index < -0.39 is 59.2 Å². The molecule has 1 aliphatic carbocycles. The lowest BCUT2D eigenvalue weighted by atomic mass is 9.75. The second kappa shape index (κ2) is 8.37. The van der Waals surface area contributed by atoms with Crippen molar-refractivity contribution in [2.24, 2.45) is 0 Å². The molecule has 1 spiro atoms. The lowest BCUT2D eigenvalue weighted by molar-refractivity contribution is -0.363. The number of ether oxygens (including phenoxy) is 8. The molecule has 4 saturated heterocycles. The van der Waals surface area contributed by atoms with Crippen LogP contribution in [0, 0.1) is 6.92 Å². The Kier molecular flexibility index (Phi) is 5.23. The molecule has 5 heterocycles. The van der Waals surface area contributed by atoms with Crippen molar-refractivity contribution < 1.29 is 57.1 Å². The highest BCUT2D eigenvalue weighted by atomic mass is 35.5. The number of benzene rings is 2. The van der Waals surface area contributed by atoms with Crippen molar-refractivity contribution in [1.82, 2.24) is 0 Å². The highest BCUT2D eigenvalue weighted by Gasteiger charge is 2.94. The number of carbonyl (C=O) groups is 4. The summed E-state index contributed by atoms with van der Waals surface area (Å²) in [7, 11) is 0. The number of carbonyl (C=O) groups excluding carboxylic acids is 4. The van der Waals surface area contributed by atoms with Gasteiger partial charge in [-0.05, 0) is 37.1 Å². The first-order chi connectivity index (χ1) is 20.0. The Hall–Kier alpha value is -3.39. The van der Waals surface area contributed by atoms with Crippen molar-refractivity contribution in [3.8, 4) is 11.5 Å². The minimum absolute atomic E-state index is 0.0119. The smallest absolute Gasteiger partial charge is 0.320 e. The second-order valence-corrected chi connectivity index (χ2v) is 11.5. The summed E-state index contributed by atoms with van der Waals surface area (Å²) in [6.45, 7) is 4.91. The van der Waals surface area contributed by atoms with Crippen molar-refractivity contribution in [3.63, 3.8) is 0 Å². The lowest BCUT2D eigenvalue weighted by Crippen LogP contribution is -2.71. The second-order valence-electron chi connectivity index (χ2n) is 11.1. The zero-order chi connectivity index (χ0) is 29.3. The van der Waals surface area contributed by atoms with Crippen LogP contribution in [0.5, 0.6) is 11.5 Å². The zero-order valence-electron chi connectivity index (χ0n) is 22.6. The van der Waals surface area contributed by atoms with Crippen LogP contribution in [-0.4, -0.2) is 72.9 Å². The van der Waals surface area contributed by atoms with E-state index in [1.807, 2.05) is 0 Å². The van der Waals surface area contributed by atoms with E-state index in [4.69, 9.17) is 49.5 Å². The van der Waals surface area contributed by atoms with Gasteiger partial charge in [-0.15, -0.1) is 0 Å². The molecule has 5 atom stereocenters. The van der Waals surface area contributed by atoms with Crippen LogP contribution in [0.4, 0.5) is 0 Å². The van der Waals surface area contributed by atoms with E-state index in [9.17, 15) is 19.2 Å². The third kappa shape index (κ3) is 2.99. The fourth-order valence-corrected chi connectivity index (χ4v) is 7.18. The third-order valence-corrected chi connectivity index (χ3v) is 8.91. The third-order valence-electron chi connectivity index (χ3n) is 8.61. The molecule has 4 fully saturated rings. The van der Waals surface area contributed by atoms with Crippen LogP contribution < -0.4 is 9.47 Å². The van der Waals surface area contributed by atoms with E-state index in [2.05, 4.69) is 0 Å². The molecule has 0 saturated carbocycles. The first kappa shape index (κ1) is 26.3. The van der Waals surface area contributed by atoms with Crippen molar-refractivity contribution >= 4 is 35.1 Å². The van der Waals surface area contributed by atoms with Crippen LogP contribution in [0.25, 0.3) is 0 Å². The average molecular weight is 599 g/mol. The summed E-state index contributed by atoms with van der Waals surface area (Å²) in [5.41, 5.74) is -0.696. The molecule has 12 nitrogen and oxygen atoms in total. The van der Waals surface area contributed by atoms with E-state index in [0.717, 1.165) is 6.92 Å². The number of ketones is 2. The Morgan fingerprint density at radius 3 is 2.40 bits per heavy atom. The van der Waals surface area contributed by atoms with Gasteiger partial charge in [-0.2, -0.15) is 0 Å². The van der Waals surface area contributed by atoms with Crippen LogP contribution in [0.15, 0.2) is 18.2 Å². The highest BCUT2D eigenvalue weighted by molar-refractivity contribution is 6.36. The predicted molar refractivity (Wildman–Crippen MR) is 136 cm³/mol. The molecule has 8 rings (SSSR count). The van der Waals surface area contributed by atoms with Gasteiger partial charge in [0.15, 0.2) is 17.6 Å². The number of halogens is 1. The van der Waals surface area contributed by atoms with Crippen molar-refractivity contribution in [3.05, 3.63) is 56.6 Å². The van der Waals surface area contributed by atoms with Crippen molar-refractivity contribution in [1.29, 1.82) is 0 Å². The Labute approximate surface area is 243 Å². The number of rotatable bonds is 3. The minimum Gasteiger partial charge on any atom is -0.446 e. The molecule has 2 bridgehead atoms. The first-order valence-electron chi connectivity index (χ1n) is 13.4. The summed E-state index contributed by atoms with van der Waals surface area (Å²) in [6.07, 6.45) is -2.27. The van der Waals surface area contributed by atoms with Gasteiger partial charge in [-0.1, -0.05) is 11.6 Å². The molecule has 2 aromatic rings. The van der Waals surface area contributed by atoms with Gasteiger partial charge in [0.25, 0.3) is 5.79 Å². The van der Waals surface area contributed by atoms with Crippen LogP contribution in [0.3, 0.4) is 0 Å². The molecule has 5 aliphatic heterocycles.